The van der Waals surface area contributed by atoms with E-state index < -0.39 is 0 Å². The van der Waals surface area contributed by atoms with Crippen LogP contribution in [0.5, 0.6) is 5.75 Å². The lowest BCUT2D eigenvalue weighted by molar-refractivity contribution is -0.118. The van der Waals surface area contributed by atoms with E-state index in [1.165, 1.54) is 6.92 Å². The molecule has 0 saturated carbocycles. The first kappa shape index (κ1) is 18.7. The fraction of sp³-hybridized carbons (Fsp3) is 0.174. The van der Waals surface area contributed by atoms with Crippen molar-refractivity contribution in [1.29, 1.82) is 0 Å². The predicted molar refractivity (Wildman–Crippen MR) is 114 cm³/mol. The van der Waals surface area contributed by atoms with Gasteiger partial charge in [0.1, 0.15) is 11.3 Å². The van der Waals surface area contributed by atoms with Crippen LogP contribution in [-0.4, -0.2) is 34.1 Å². The molecule has 0 saturated heterocycles. The molecule has 4 rings (SSSR count). The molecule has 0 aliphatic rings. The maximum atomic E-state index is 11.3. The number of aromatic nitrogens is 3. The number of carbonyl (C=O) groups is 1. The Labute approximate surface area is 169 Å². The molecule has 146 valence electrons. The maximum Gasteiger partial charge on any atom is 0.216 e. The number of nitrogens with zero attached hydrogens (tertiary/aromatic N) is 3. The van der Waals surface area contributed by atoms with Gasteiger partial charge in [-0.25, -0.2) is 9.97 Å². The van der Waals surface area contributed by atoms with E-state index in [-0.39, 0.29) is 5.91 Å². The topological polar surface area (TPSA) is 69.0 Å². The molecule has 1 N–H and O–H groups in total. The summed E-state index contributed by atoms with van der Waals surface area (Å²) < 4.78 is 7.53. The minimum atomic E-state index is -0.0523. The number of benzene rings is 2. The second-order valence-electron chi connectivity index (χ2n) is 6.71. The molecule has 4 aromatic rings. The van der Waals surface area contributed by atoms with Crippen LogP contribution in [0.15, 0.2) is 67.0 Å². The Morgan fingerprint density at radius 2 is 1.90 bits per heavy atom. The van der Waals surface area contributed by atoms with Gasteiger partial charge in [0.15, 0.2) is 0 Å². The number of hydrogen-bond donors (Lipinski definition) is 1. The van der Waals surface area contributed by atoms with Gasteiger partial charge in [0.05, 0.1) is 30.5 Å². The van der Waals surface area contributed by atoms with Gasteiger partial charge in [-0.2, -0.15) is 0 Å². The molecule has 0 bridgehead atoms. The van der Waals surface area contributed by atoms with Gasteiger partial charge in [-0.1, -0.05) is 48.5 Å². The van der Waals surface area contributed by atoms with Crippen molar-refractivity contribution in [3.8, 4) is 28.4 Å². The van der Waals surface area contributed by atoms with Crippen LogP contribution in [0.25, 0.3) is 33.5 Å². The van der Waals surface area contributed by atoms with Gasteiger partial charge < -0.3 is 14.6 Å². The molecular weight excluding hydrogens is 364 g/mol. The van der Waals surface area contributed by atoms with Crippen molar-refractivity contribution < 1.29 is 9.53 Å². The van der Waals surface area contributed by atoms with E-state index >= 15 is 0 Å². The van der Waals surface area contributed by atoms with Gasteiger partial charge in [-0.3, -0.25) is 4.79 Å². The highest BCUT2D eigenvalue weighted by Crippen LogP contribution is 2.33. The molecule has 0 atom stereocenters. The quantitative estimate of drug-likeness (QED) is 0.545. The normalized spacial score (nSPS) is 10.8. The fourth-order valence-corrected chi connectivity index (χ4v) is 3.40. The Kier molecular flexibility index (Phi) is 5.24. The third-order valence-corrected chi connectivity index (χ3v) is 4.76. The van der Waals surface area contributed by atoms with Crippen molar-refractivity contribution in [2.75, 3.05) is 13.7 Å². The number of hydrogen-bond acceptors (Lipinski definition) is 4. The Hall–Kier alpha value is -3.67. The first-order chi connectivity index (χ1) is 14.2. The van der Waals surface area contributed by atoms with Crippen LogP contribution in [0.4, 0.5) is 0 Å². The Bertz CT molecular complexity index is 1150. The van der Waals surface area contributed by atoms with Crippen molar-refractivity contribution in [3.05, 3.63) is 67.0 Å². The van der Waals surface area contributed by atoms with Crippen molar-refractivity contribution in [2.45, 2.75) is 13.5 Å². The highest BCUT2D eigenvalue weighted by atomic mass is 16.5. The molecule has 0 radical (unpaired) electrons. The first-order valence-electron chi connectivity index (χ1n) is 9.46. The lowest BCUT2D eigenvalue weighted by Gasteiger charge is -2.12. The zero-order valence-corrected chi connectivity index (χ0v) is 16.4. The lowest BCUT2D eigenvalue weighted by atomic mass is 10.1. The first-order valence-corrected chi connectivity index (χ1v) is 9.46. The number of rotatable bonds is 6. The predicted octanol–water partition coefficient (Wildman–Crippen LogP) is 3.91. The highest BCUT2D eigenvalue weighted by molar-refractivity contribution is 5.88. The van der Waals surface area contributed by atoms with Crippen LogP contribution < -0.4 is 10.1 Å². The number of nitrogens with one attached hydrogen (secondary N) is 1. The summed E-state index contributed by atoms with van der Waals surface area (Å²) in [5.41, 5.74) is 4.40. The number of imidazole rings is 1. The molecule has 0 unspecified atom stereocenters. The zero-order valence-electron chi connectivity index (χ0n) is 16.4. The molecule has 0 aliphatic heterocycles. The smallest absolute Gasteiger partial charge is 0.216 e. The molecular formula is C23H22N4O2. The Morgan fingerprint density at radius 1 is 1.07 bits per heavy atom. The summed E-state index contributed by atoms with van der Waals surface area (Å²) in [5, 5.41) is 3.85. The lowest BCUT2D eigenvalue weighted by Crippen LogP contribution is -2.24. The SMILES string of the molecule is COc1cccc2ccc(-c3c(-c4ccccc4)ncn3CCNC(C)=O)nc12. The van der Waals surface area contributed by atoms with Gasteiger partial charge in [-0.15, -0.1) is 0 Å². The summed E-state index contributed by atoms with van der Waals surface area (Å²) in [5.74, 6) is 0.679. The van der Waals surface area contributed by atoms with Crippen molar-refractivity contribution >= 4 is 16.8 Å². The Balaban J connectivity index is 1.85. The highest BCUT2D eigenvalue weighted by Gasteiger charge is 2.17. The number of ether oxygens (including phenoxy) is 1. The van der Waals surface area contributed by atoms with E-state index in [4.69, 9.17) is 9.72 Å². The molecule has 29 heavy (non-hydrogen) atoms. The van der Waals surface area contributed by atoms with E-state index in [1.807, 2.05) is 65.2 Å². The van der Waals surface area contributed by atoms with Gasteiger partial charge in [0, 0.05) is 31.0 Å². The molecule has 1 amide bonds. The minimum absolute atomic E-state index is 0.0523. The van der Waals surface area contributed by atoms with Crippen LogP contribution in [0.1, 0.15) is 6.92 Å². The molecule has 2 heterocycles. The van der Waals surface area contributed by atoms with Crippen LogP contribution in [0.3, 0.4) is 0 Å². The van der Waals surface area contributed by atoms with E-state index in [9.17, 15) is 4.79 Å². The van der Waals surface area contributed by atoms with Gasteiger partial charge in [0.25, 0.3) is 0 Å². The second-order valence-corrected chi connectivity index (χ2v) is 6.71. The summed E-state index contributed by atoms with van der Waals surface area (Å²) in [7, 11) is 1.65. The largest absolute Gasteiger partial charge is 0.494 e. The number of carbonyl (C=O) groups excluding carboxylic acids is 1. The van der Waals surface area contributed by atoms with Gasteiger partial charge >= 0.3 is 0 Å². The number of amides is 1. The summed E-state index contributed by atoms with van der Waals surface area (Å²) in [6.07, 6.45) is 1.80. The average Bonchev–Trinajstić information content (AvgIpc) is 3.17. The molecule has 2 aromatic carbocycles. The molecule has 0 aliphatic carbocycles. The van der Waals surface area contributed by atoms with Crippen molar-refractivity contribution in [2.24, 2.45) is 0 Å². The summed E-state index contributed by atoms with van der Waals surface area (Å²) in [6, 6.07) is 20.0. The minimum Gasteiger partial charge on any atom is -0.494 e. The van der Waals surface area contributed by atoms with Gasteiger partial charge in [-0.05, 0) is 12.1 Å². The third-order valence-electron chi connectivity index (χ3n) is 4.76. The van der Waals surface area contributed by atoms with Gasteiger partial charge in [0.2, 0.25) is 5.91 Å². The van der Waals surface area contributed by atoms with Crippen molar-refractivity contribution in [1.82, 2.24) is 19.9 Å². The summed E-state index contributed by atoms with van der Waals surface area (Å²) in [6.45, 7) is 2.63. The standard InChI is InChI=1S/C23H22N4O2/c1-16(28)24-13-14-27-15-25-22(17-7-4-3-5-8-17)23(27)19-12-11-18-9-6-10-20(29-2)21(18)26-19/h3-12,15H,13-14H2,1-2H3,(H,24,28). The third kappa shape index (κ3) is 3.82. The molecule has 2 aromatic heterocycles. The van der Waals surface area contributed by atoms with Crippen LogP contribution in [-0.2, 0) is 11.3 Å². The zero-order chi connectivity index (χ0) is 20.2. The molecule has 6 heteroatoms. The van der Waals surface area contributed by atoms with E-state index in [1.54, 1.807) is 13.4 Å². The number of para-hydroxylation sites is 1. The van der Waals surface area contributed by atoms with E-state index in [0.29, 0.717) is 13.1 Å². The summed E-state index contributed by atoms with van der Waals surface area (Å²) >= 11 is 0. The number of pyridine rings is 1. The number of fused-ring (bicyclic) bond motifs is 1. The molecule has 0 spiro atoms. The summed E-state index contributed by atoms with van der Waals surface area (Å²) in [4.78, 5) is 20.8. The second kappa shape index (κ2) is 8.14. The average molecular weight is 386 g/mol. The van der Waals surface area contributed by atoms with Crippen LogP contribution >= 0.6 is 0 Å². The Morgan fingerprint density at radius 3 is 2.66 bits per heavy atom. The van der Waals surface area contributed by atoms with E-state index in [0.717, 1.165) is 39.3 Å². The van der Waals surface area contributed by atoms with Crippen LogP contribution in [0.2, 0.25) is 0 Å². The number of methoxy groups -OCH3 is 1. The maximum absolute atomic E-state index is 11.3. The monoisotopic (exact) mass is 386 g/mol. The van der Waals surface area contributed by atoms with Crippen LogP contribution in [0, 0.1) is 0 Å². The fourth-order valence-electron chi connectivity index (χ4n) is 3.40. The molecule has 0 fully saturated rings. The van der Waals surface area contributed by atoms with E-state index in [2.05, 4.69) is 10.3 Å². The molecule has 6 nitrogen and oxygen atoms in total. The van der Waals surface area contributed by atoms with Crippen molar-refractivity contribution in [3.63, 3.8) is 0 Å².